The van der Waals surface area contributed by atoms with Crippen molar-refractivity contribution in [3.05, 3.63) is 35.4 Å². The van der Waals surface area contributed by atoms with Crippen LogP contribution in [0, 0.1) is 0 Å². The third-order valence-electron chi connectivity index (χ3n) is 4.81. The number of amides is 1. The Morgan fingerprint density at radius 1 is 1.14 bits per heavy atom. The lowest BCUT2D eigenvalue weighted by molar-refractivity contribution is -0.124. The third kappa shape index (κ3) is 3.30. The molecule has 0 aromatic heterocycles. The number of carbonyl (C=O) groups is 1. The molecule has 0 bridgehead atoms. The molecule has 0 aliphatic heterocycles. The molecule has 1 N–H and O–H groups in total. The highest BCUT2D eigenvalue weighted by atomic mass is 16.2. The number of hydrogen-bond acceptors (Lipinski definition) is 1. The van der Waals surface area contributed by atoms with E-state index in [0.717, 1.165) is 25.7 Å². The Bertz CT molecular complexity index is 487. The van der Waals surface area contributed by atoms with Crippen LogP contribution in [0.25, 0.3) is 0 Å². The molecule has 1 amide bonds. The molecule has 1 aromatic rings. The Hall–Kier alpha value is -1.31. The lowest BCUT2D eigenvalue weighted by Gasteiger charge is -2.23. The molecule has 2 heteroatoms. The van der Waals surface area contributed by atoms with Crippen LogP contribution in [-0.2, 0) is 15.6 Å². The summed E-state index contributed by atoms with van der Waals surface area (Å²) in [4.78, 5) is 12.6. The largest absolute Gasteiger partial charge is 0.353 e. The van der Waals surface area contributed by atoms with Crippen molar-refractivity contribution in [3.63, 3.8) is 0 Å². The van der Waals surface area contributed by atoms with Crippen LogP contribution in [0.3, 0.4) is 0 Å². The molecule has 0 unspecified atom stereocenters. The van der Waals surface area contributed by atoms with E-state index in [1.165, 1.54) is 11.1 Å². The Morgan fingerprint density at radius 2 is 1.67 bits per heavy atom. The van der Waals surface area contributed by atoms with Gasteiger partial charge in [0.15, 0.2) is 0 Å². The Balaban J connectivity index is 2.15. The summed E-state index contributed by atoms with van der Waals surface area (Å²) in [6.07, 6.45) is 3.96. The lowest BCUT2D eigenvalue weighted by atomic mass is 9.85. The third-order valence-corrected chi connectivity index (χ3v) is 4.81. The first-order chi connectivity index (χ1) is 9.83. The zero-order valence-electron chi connectivity index (χ0n) is 14.1. The minimum atomic E-state index is -0.251. The molecule has 1 aliphatic rings. The highest BCUT2D eigenvalue weighted by Gasteiger charge is 2.51. The zero-order chi connectivity index (χ0) is 15.7. The van der Waals surface area contributed by atoms with E-state index in [1.807, 2.05) is 0 Å². The van der Waals surface area contributed by atoms with E-state index < -0.39 is 0 Å². The minimum absolute atomic E-state index is 0.160. The lowest BCUT2D eigenvalue weighted by Crippen LogP contribution is -2.41. The van der Waals surface area contributed by atoms with Gasteiger partial charge in [-0.25, -0.2) is 0 Å². The SMILES string of the molecule is CCC(CC)NC(=O)C1(c2ccc(C(C)(C)C)cc2)CC1. The van der Waals surface area contributed by atoms with Gasteiger partial charge in [0, 0.05) is 6.04 Å². The predicted molar refractivity (Wildman–Crippen MR) is 88.6 cm³/mol. The molecule has 116 valence electrons. The van der Waals surface area contributed by atoms with Gasteiger partial charge in [0.05, 0.1) is 5.41 Å². The summed E-state index contributed by atoms with van der Waals surface area (Å²) in [5.41, 5.74) is 2.41. The first-order valence-corrected chi connectivity index (χ1v) is 8.25. The van der Waals surface area contributed by atoms with Crippen LogP contribution in [0.4, 0.5) is 0 Å². The van der Waals surface area contributed by atoms with E-state index in [4.69, 9.17) is 0 Å². The molecular formula is C19H29NO. The second-order valence-corrected chi connectivity index (χ2v) is 7.40. The molecule has 1 aromatic carbocycles. The molecule has 0 radical (unpaired) electrons. The molecular weight excluding hydrogens is 258 g/mol. The van der Waals surface area contributed by atoms with Gasteiger partial charge in [-0.1, -0.05) is 58.9 Å². The van der Waals surface area contributed by atoms with Crippen LogP contribution < -0.4 is 5.32 Å². The van der Waals surface area contributed by atoms with Gasteiger partial charge < -0.3 is 5.32 Å². The van der Waals surface area contributed by atoms with Gasteiger partial charge >= 0.3 is 0 Å². The van der Waals surface area contributed by atoms with Gasteiger partial charge in [0.25, 0.3) is 0 Å². The van der Waals surface area contributed by atoms with Gasteiger partial charge in [-0.3, -0.25) is 4.79 Å². The maximum Gasteiger partial charge on any atom is 0.230 e. The number of carbonyl (C=O) groups excluding carboxylic acids is 1. The van der Waals surface area contributed by atoms with Crippen molar-refractivity contribution >= 4 is 5.91 Å². The Labute approximate surface area is 129 Å². The van der Waals surface area contributed by atoms with Crippen LogP contribution in [0.5, 0.6) is 0 Å². The van der Waals surface area contributed by atoms with E-state index in [-0.39, 0.29) is 16.7 Å². The number of hydrogen-bond donors (Lipinski definition) is 1. The molecule has 2 nitrogen and oxygen atoms in total. The maximum absolute atomic E-state index is 12.6. The maximum atomic E-state index is 12.6. The van der Waals surface area contributed by atoms with Gasteiger partial charge in [0.1, 0.15) is 0 Å². The van der Waals surface area contributed by atoms with Crippen LogP contribution in [0.1, 0.15) is 71.4 Å². The first-order valence-electron chi connectivity index (χ1n) is 8.25. The van der Waals surface area contributed by atoms with Crippen molar-refractivity contribution in [3.8, 4) is 0 Å². The number of benzene rings is 1. The fourth-order valence-corrected chi connectivity index (χ4v) is 2.88. The molecule has 1 aliphatic carbocycles. The van der Waals surface area contributed by atoms with Gasteiger partial charge in [0.2, 0.25) is 5.91 Å². The smallest absolute Gasteiger partial charge is 0.230 e. The highest BCUT2D eigenvalue weighted by Crippen LogP contribution is 2.48. The van der Waals surface area contributed by atoms with Gasteiger partial charge in [-0.2, -0.15) is 0 Å². The van der Waals surface area contributed by atoms with Gasteiger partial charge in [-0.15, -0.1) is 0 Å². The summed E-state index contributed by atoms with van der Waals surface area (Å²) < 4.78 is 0. The second-order valence-electron chi connectivity index (χ2n) is 7.40. The topological polar surface area (TPSA) is 29.1 Å². The summed E-state index contributed by atoms with van der Waals surface area (Å²) in [5.74, 6) is 0.222. The van der Waals surface area contributed by atoms with E-state index in [2.05, 4.69) is 64.2 Å². The Morgan fingerprint density at radius 3 is 2.05 bits per heavy atom. The summed E-state index contributed by atoms with van der Waals surface area (Å²) >= 11 is 0. The standard InChI is InChI=1S/C19H29NO/c1-6-16(7-2)20-17(21)19(12-13-19)15-10-8-14(9-11-15)18(3,4)5/h8-11,16H,6-7,12-13H2,1-5H3,(H,20,21). The summed E-state index contributed by atoms with van der Waals surface area (Å²) in [6.45, 7) is 10.9. The minimum Gasteiger partial charge on any atom is -0.353 e. The van der Waals surface area contributed by atoms with Crippen LogP contribution in [0.2, 0.25) is 0 Å². The quantitative estimate of drug-likeness (QED) is 0.858. The summed E-state index contributed by atoms with van der Waals surface area (Å²) in [5, 5.41) is 3.22. The van der Waals surface area contributed by atoms with Crippen molar-refractivity contribution < 1.29 is 4.79 Å². The first kappa shape index (κ1) is 16.1. The number of rotatable bonds is 5. The van der Waals surface area contributed by atoms with Crippen molar-refractivity contribution in [2.24, 2.45) is 0 Å². The fraction of sp³-hybridized carbons (Fsp3) is 0.632. The fourth-order valence-electron chi connectivity index (χ4n) is 2.88. The predicted octanol–water partition coefficient (Wildman–Crippen LogP) is 4.32. The zero-order valence-corrected chi connectivity index (χ0v) is 14.1. The monoisotopic (exact) mass is 287 g/mol. The van der Waals surface area contributed by atoms with Crippen LogP contribution >= 0.6 is 0 Å². The van der Waals surface area contributed by atoms with Gasteiger partial charge in [-0.05, 0) is 42.2 Å². The normalized spacial score (nSPS) is 16.9. The summed E-state index contributed by atoms with van der Waals surface area (Å²) in [6, 6.07) is 8.98. The molecule has 1 fully saturated rings. The van der Waals surface area contributed by atoms with Crippen molar-refractivity contribution in [1.82, 2.24) is 5.32 Å². The molecule has 2 rings (SSSR count). The molecule has 0 saturated heterocycles. The molecule has 0 atom stereocenters. The Kier molecular flexibility index (Phi) is 4.46. The van der Waals surface area contributed by atoms with E-state index in [1.54, 1.807) is 0 Å². The molecule has 0 spiro atoms. The van der Waals surface area contributed by atoms with Crippen molar-refractivity contribution in [2.75, 3.05) is 0 Å². The van der Waals surface area contributed by atoms with E-state index >= 15 is 0 Å². The van der Waals surface area contributed by atoms with E-state index in [0.29, 0.717) is 6.04 Å². The number of nitrogens with one attached hydrogen (secondary N) is 1. The highest BCUT2D eigenvalue weighted by molar-refractivity contribution is 5.91. The van der Waals surface area contributed by atoms with E-state index in [9.17, 15) is 4.79 Å². The average Bonchev–Trinajstić information content (AvgIpc) is 3.25. The molecule has 1 saturated carbocycles. The summed E-state index contributed by atoms with van der Waals surface area (Å²) in [7, 11) is 0. The van der Waals surface area contributed by atoms with Crippen molar-refractivity contribution in [2.45, 2.75) is 77.2 Å². The average molecular weight is 287 g/mol. The second kappa shape index (κ2) is 5.82. The van der Waals surface area contributed by atoms with Crippen LogP contribution in [-0.4, -0.2) is 11.9 Å². The molecule has 0 heterocycles. The van der Waals surface area contributed by atoms with Crippen molar-refractivity contribution in [1.29, 1.82) is 0 Å². The molecule has 21 heavy (non-hydrogen) atoms. The van der Waals surface area contributed by atoms with Crippen LogP contribution in [0.15, 0.2) is 24.3 Å².